The van der Waals surface area contributed by atoms with E-state index in [-0.39, 0.29) is 18.2 Å². The van der Waals surface area contributed by atoms with Gasteiger partial charge in [-0.2, -0.15) is 0 Å². The number of nitrogens with zero attached hydrogens (tertiary/aromatic N) is 1. The summed E-state index contributed by atoms with van der Waals surface area (Å²) >= 11 is 0. The molecule has 0 aromatic carbocycles. The van der Waals surface area contributed by atoms with Crippen LogP contribution < -0.4 is 11.1 Å². The predicted octanol–water partition coefficient (Wildman–Crippen LogP) is 0.396. The van der Waals surface area contributed by atoms with Gasteiger partial charge in [0.1, 0.15) is 0 Å². The van der Waals surface area contributed by atoms with Crippen LogP contribution in [-0.2, 0) is 16.0 Å². The van der Waals surface area contributed by atoms with Gasteiger partial charge in [-0.05, 0) is 18.6 Å². The van der Waals surface area contributed by atoms with Gasteiger partial charge in [0, 0.05) is 37.7 Å². The molecule has 0 radical (unpaired) electrons. The zero-order valence-corrected chi connectivity index (χ0v) is 9.69. The summed E-state index contributed by atoms with van der Waals surface area (Å²) in [6.07, 6.45) is 3.54. The number of nitrogens with two attached hydrogens (primary N) is 1. The standard InChI is InChI=1S/C12H17N3O2/c13-11(16)5-3-6-12(17)15-9-7-10-4-1-2-8-14-10/h1-2,4,8H,3,5-7,9H2,(H2,13,16)(H,15,17). The summed E-state index contributed by atoms with van der Waals surface area (Å²) in [5.74, 6) is -0.423. The van der Waals surface area contributed by atoms with Crippen LogP contribution in [0.15, 0.2) is 24.4 Å². The number of rotatable bonds is 7. The minimum atomic E-state index is -0.369. The molecular formula is C12H17N3O2. The molecule has 3 N–H and O–H groups in total. The van der Waals surface area contributed by atoms with Gasteiger partial charge in [-0.3, -0.25) is 14.6 Å². The normalized spacial score (nSPS) is 9.88. The molecule has 0 aliphatic rings. The lowest BCUT2D eigenvalue weighted by molar-refractivity contribution is -0.121. The number of carbonyl (C=O) groups is 2. The molecule has 0 saturated carbocycles. The van der Waals surface area contributed by atoms with Gasteiger partial charge in [0.25, 0.3) is 0 Å². The Bertz CT molecular complexity index is 365. The smallest absolute Gasteiger partial charge is 0.220 e. The fourth-order valence-corrected chi connectivity index (χ4v) is 1.39. The number of pyridine rings is 1. The van der Waals surface area contributed by atoms with E-state index in [2.05, 4.69) is 10.3 Å². The fraction of sp³-hybridized carbons (Fsp3) is 0.417. The average Bonchev–Trinajstić information content (AvgIpc) is 2.30. The van der Waals surface area contributed by atoms with Crippen LogP contribution in [0, 0.1) is 0 Å². The van der Waals surface area contributed by atoms with Crippen molar-refractivity contribution >= 4 is 11.8 Å². The Morgan fingerprint density at radius 1 is 1.29 bits per heavy atom. The molecule has 0 atom stereocenters. The first-order valence-electron chi connectivity index (χ1n) is 5.63. The van der Waals surface area contributed by atoms with Gasteiger partial charge in [0.15, 0.2) is 0 Å². The van der Waals surface area contributed by atoms with Crippen molar-refractivity contribution in [1.82, 2.24) is 10.3 Å². The lowest BCUT2D eigenvalue weighted by Crippen LogP contribution is -2.26. The van der Waals surface area contributed by atoms with Crippen LogP contribution in [0.5, 0.6) is 0 Å². The Morgan fingerprint density at radius 2 is 2.12 bits per heavy atom. The SMILES string of the molecule is NC(=O)CCCC(=O)NCCc1ccccn1. The highest BCUT2D eigenvalue weighted by atomic mass is 16.2. The highest BCUT2D eigenvalue weighted by Crippen LogP contribution is 1.96. The van der Waals surface area contributed by atoms with Crippen LogP contribution >= 0.6 is 0 Å². The Kier molecular flexibility index (Phi) is 5.71. The summed E-state index contributed by atoms with van der Waals surface area (Å²) < 4.78 is 0. The van der Waals surface area contributed by atoms with E-state index in [1.54, 1.807) is 6.20 Å². The van der Waals surface area contributed by atoms with E-state index in [1.807, 2.05) is 18.2 Å². The zero-order valence-electron chi connectivity index (χ0n) is 9.69. The zero-order chi connectivity index (χ0) is 12.5. The monoisotopic (exact) mass is 235 g/mol. The minimum absolute atomic E-state index is 0.0535. The molecular weight excluding hydrogens is 218 g/mol. The first-order chi connectivity index (χ1) is 8.18. The van der Waals surface area contributed by atoms with Gasteiger partial charge in [-0.1, -0.05) is 6.07 Å². The van der Waals surface area contributed by atoms with Crippen LogP contribution in [0.4, 0.5) is 0 Å². The Balaban J connectivity index is 2.10. The number of carbonyl (C=O) groups excluding carboxylic acids is 2. The number of amides is 2. The van der Waals surface area contributed by atoms with E-state index in [0.717, 1.165) is 5.69 Å². The maximum Gasteiger partial charge on any atom is 0.220 e. The quantitative estimate of drug-likeness (QED) is 0.717. The highest BCUT2D eigenvalue weighted by Gasteiger charge is 2.02. The largest absolute Gasteiger partial charge is 0.370 e. The highest BCUT2D eigenvalue weighted by molar-refractivity contribution is 5.77. The van der Waals surface area contributed by atoms with Crippen LogP contribution in [0.25, 0.3) is 0 Å². The molecule has 17 heavy (non-hydrogen) atoms. The van der Waals surface area contributed by atoms with Crippen LogP contribution in [0.2, 0.25) is 0 Å². The van der Waals surface area contributed by atoms with E-state index < -0.39 is 0 Å². The third-order valence-electron chi connectivity index (χ3n) is 2.26. The molecule has 5 heteroatoms. The molecule has 0 fully saturated rings. The molecule has 0 aliphatic carbocycles. The van der Waals surface area contributed by atoms with Crippen molar-refractivity contribution in [2.24, 2.45) is 5.73 Å². The topological polar surface area (TPSA) is 85.1 Å². The minimum Gasteiger partial charge on any atom is -0.370 e. The van der Waals surface area contributed by atoms with Gasteiger partial charge >= 0.3 is 0 Å². The van der Waals surface area contributed by atoms with E-state index in [9.17, 15) is 9.59 Å². The second-order valence-corrected chi connectivity index (χ2v) is 3.74. The molecule has 2 amide bonds. The Hall–Kier alpha value is -1.91. The Labute approximate surface area is 100 Å². The van der Waals surface area contributed by atoms with Gasteiger partial charge in [0.2, 0.25) is 11.8 Å². The van der Waals surface area contributed by atoms with Crippen molar-refractivity contribution in [2.45, 2.75) is 25.7 Å². The predicted molar refractivity (Wildman–Crippen MR) is 64.0 cm³/mol. The van der Waals surface area contributed by atoms with Crippen molar-refractivity contribution in [3.05, 3.63) is 30.1 Å². The number of hydrogen-bond donors (Lipinski definition) is 2. The molecule has 1 aromatic rings. The second kappa shape index (κ2) is 7.38. The number of hydrogen-bond acceptors (Lipinski definition) is 3. The maximum atomic E-state index is 11.3. The molecule has 5 nitrogen and oxygen atoms in total. The van der Waals surface area contributed by atoms with Crippen molar-refractivity contribution in [3.8, 4) is 0 Å². The van der Waals surface area contributed by atoms with E-state index in [4.69, 9.17) is 5.73 Å². The van der Waals surface area contributed by atoms with E-state index >= 15 is 0 Å². The lowest BCUT2D eigenvalue weighted by atomic mass is 10.2. The number of aromatic nitrogens is 1. The molecule has 0 aliphatic heterocycles. The molecule has 0 saturated heterocycles. The molecule has 0 spiro atoms. The van der Waals surface area contributed by atoms with Crippen LogP contribution in [-0.4, -0.2) is 23.3 Å². The summed E-state index contributed by atoms with van der Waals surface area (Å²) in [4.78, 5) is 25.9. The molecule has 1 rings (SSSR count). The summed E-state index contributed by atoms with van der Waals surface area (Å²) in [6.45, 7) is 0.562. The van der Waals surface area contributed by atoms with Gasteiger partial charge in [0.05, 0.1) is 0 Å². The van der Waals surface area contributed by atoms with Crippen molar-refractivity contribution in [2.75, 3.05) is 6.54 Å². The molecule has 1 heterocycles. The van der Waals surface area contributed by atoms with Gasteiger partial charge < -0.3 is 11.1 Å². The average molecular weight is 235 g/mol. The molecule has 0 bridgehead atoms. The Morgan fingerprint density at radius 3 is 2.76 bits per heavy atom. The van der Waals surface area contributed by atoms with E-state index in [0.29, 0.717) is 25.8 Å². The maximum absolute atomic E-state index is 11.3. The third-order valence-corrected chi connectivity index (χ3v) is 2.26. The lowest BCUT2D eigenvalue weighted by Gasteiger charge is -2.04. The van der Waals surface area contributed by atoms with Crippen LogP contribution in [0.3, 0.4) is 0 Å². The summed E-state index contributed by atoms with van der Waals surface area (Å²) in [6, 6.07) is 5.68. The molecule has 1 aromatic heterocycles. The van der Waals surface area contributed by atoms with Gasteiger partial charge in [-0.15, -0.1) is 0 Å². The van der Waals surface area contributed by atoms with Crippen molar-refractivity contribution < 1.29 is 9.59 Å². The number of nitrogens with one attached hydrogen (secondary N) is 1. The summed E-state index contributed by atoms with van der Waals surface area (Å²) in [5.41, 5.74) is 5.92. The molecule has 92 valence electrons. The summed E-state index contributed by atoms with van der Waals surface area (Å²) in [5, 5.41) is 2.77. The van der Waals surface area contributed by atoms with Crippen molar-refractivity contribution in [1.29, 1.82) is 0 Å². The third kappa shape index (κ3) is 6.29. The fourth-order valence-electron chi connectivity index (χ4n) is 1.39. The second-order valence-electron chi connectivity index (χ2n) is 3.74. The van der Waals surface area contributed by atoms with E-state index in [1.165, 1.54) is 0 Å². The van der Waals surface area contributed by atoms with Gasteiger partial charge in [-0.25, -0.2) is 0 Å². The van der Waals surface area contributed by atoms with Crippen molar-refractivity contribution in [3.63, 3.8) is 0 Å². The summed E-state index contributed by atoms with van der Waals surface area (Å²) in [7, 11) is 0. The first kappa shape index (κ1) is 13.2. The van der Waals surface area contributed by atoms with Crippen LogP contribution in [0.1, 0.15) is 25.0 Å². The number of primary amides is 1. The molecule has 0 unspecified atom stereocenters. The first-order valence-corrected chi connectivity index (χ1v) is 5.63.